The molecule has 67 heavy (non-hydrogen) atoms. The summed E-state index contributed by atoms with van der Waals surface area (Å²) in [6, 6.07) is 30.1. The molecule has 4 aromatic carbocycles. The molecule has 4 atom stereocenters. The van der Waals surface area contributed by atoms with E-state index < -0.39 is 76.0 Å². The van der Waals surface area contributed by atoms with Crippen LogP contribution in [0.25, 0.3) is 6.08 Å². The fourth-order valence-corrected chi connectivity index (χ4v) is 12.8. The summed E-state index contributed by atoms with van der Waals surface area (Å²) in [7, 11) is -2.37. The fraction of sp³-hybridized carbons (Fsp3) is 0.423. The molecule has 0 aromatic heterocycles. The Balaban J connectivity index is 1.47. The summed E-state index contributed by atoms with van der Waals surface area (Å²) >= 11 is 0. The molecular formula is C52H65F3O10Si2. The highest BCUT2D eigenvalue weighted by atomic mass is 28.4. The molecule has 1 fully saturated rings. The lowest BCUT2D eigenvalue weighted by Gasteiger charge is -2.43. The van der Waals surface area contributed by atoms with E-state index in [-0.39, 0.29) is 43.1 Å². The number of carbonyl (C=O) groups is 2. The van der Waals surface area contributed by atoms with Crippen LogP contribution in [-0.4, -0.2) is 91.0 Å². The smallest absolute Gasteiger partial charge is 0.392 e. The first-order chi connectivity index (χ1) is 31.6. The minimum Gasteiger partial charge on any atom is -0.497 e. The number of hydrogen-bond donors (Lipinski definition) is 1. The van der Waals surface area contributed by atoms with E-state index in [1.165, 1.54) is 26.4 Å². The molecule has 10 nitrogen and oxygen atoms in total. The zero-order chi connectivity index (χ0) is 49.0. The zero-order valence-corrected chi connectivity index (χ0v) is 41.9. The highest BCUT2D eigenvalue weighted by molar-refractivity contribution is 6.98. The normalized spacial score (nSPS) is 17.6. The number of allylic oxidation sites excluding steroid dienone is 1. The predicted octanol–water partition coefficient (Wildman–Crippen LogP) is 10.4. The van der Waals surface area contributed by atoms with Gasteiger partial charge in [-0.15, -0.1) is 0 Å². The third-order valence-corrected chi connectivity index (χ3v) is 18.0. The Hall–Kier alpha value is -5.04. The van der Waals surface area contributed by atoms with E-state index in [1.807, 2.05) is 12.1 Å². The fourth-order valence-electron chi connectivity index (χ4n) is 8.25. The van der Waals surface area contributed by atoms with E-state index in [9.17, 15) is 14.4 Å². The van der Waals surface area contributed by atoms with Gasteiger partial charge in [-0.2, -0.15) is 13.2 Å². The number of rotatable bonds is 22. The van der Waals surface area contributed by atoms with Crippen molar-refractivity contribution in [2.75, 3.05) is 27.6 Å². The number of benzene rings is 4. The minimum atomic E-state index is -4.64. The van der Waals surface area contributed by atoms with E-state index in [0.29, 0.717) is 21.7 Å². The Labute approximate surface area is 395 Å². The van der Waals surface area contributed by atoms with Crippen LogP contribution in [-0.2, 0) is 23.7 Å². The van der Waals surface area contributed by atoms with Crippen LogP contribution in [0.5, 0.6) is 11.5 Å². The Morgan fingerprint density at radius 1 is 0.851 bits per heavy atom. The molecule has 0 amide bonds. The van der Waals surface area contributed by atoms with Gasteiger partial charge in [-0.05, 0) is 84.4 Å². The summed E-state index contributed by atoms with van der Waals surface area (Å²) in [6.45, 7) is 13.5. The lowest BCUT2D eigenvalue weighted by Crippen LogP contribution is -2.65. The van der Waals surface area contributed by atoms with E-state index in [2.05, 4.69) is 19.6 Å². The molecule has 0 bridgehead atoms. The first kappa shape index (κ1) is 52.9. The second-order valence-corrected chi connectivity index (χ2v) is 28.6. The maximum Gasteiger partial charge on any atom is 0.392 e. The van der Waals surface area contributed by atoms with Gasteiger partial charge in [0.2, 0.25) is 0 Å². The van der Waals surface area contributed by atoms with Gasteiger partial charge in [0.1, 0.15) is 29.3 Å². The Kier molecular flexibility index (Phi) is 18.0. The second-order valence-electron chi connectivity index (χ2n) is 19.0. The van der Waals surface area contributed by atoms with Crippen LogP contribution in [0.3, 0.4) is 0 Å². The number of halogens is 3. The summed E-state index contributed by atoms with van der Waals surface area (Å²) in [5, 5.41) is 0.0182. The van der Waals surface area contributed by atoms with Crippen LogP contribution >= 0.6 is 0 Å². The van der Waals surface area contributed by atoms with Gasteiger partial charge in [-0.3, -0.25) is 0 Å². The lowest BCUT2D eigenvalue weighted by atomic mass is 9.92. The summed E-state index contributed by atoms with van der Waals surface area (Å²) < 4.78 is 86.6. The van der Waals surface area contributed by atoms with Gasteiger partial charge in [-0.25, -0.2) is 9.59 Å². The van der Waals surface area contributed by atoms with Crippen molar-refractivity contribution in [3.05, 3.63) is 138 Å². The molecule has 1 aliphatic rings. The van der Waals surface area contributed by atoms with E-state index in [4.69, 9.17) is 33.2 Å². The van der Waals surface area contributed by atoms with E-state index in [0.717, 1.165) is 6.04 Å². The third-order valence-electron chi connectivity index (χ3n) is 11.8. The molecule has 1 N–H and O–H groups in total. The van der Waals surface area contributed by atoms with Crippen LogP contribution in [0, 0.1) is 5.92 Å². The molecule has 1 heterocycles. The summed E-state index contributed by atoms with van der Waals surface area (Å²) in [5.41, 5.74) is 0.838. The molecule has 4 aromatic rings. The molecule has 0 radical (unpaired) electrons. The predicted molar refractivity (Wildman–Crippen MR) is 259 cm³/mol. The quantitative estimate of drug-likeness (QED) is 0.0353. The highest BCUT2D eigenvalue weighted by Gasteiger charge is 2.54. The molecule has 0 spiro atoms. The van der Waals surface area contributed by atoms with Crippen molar-refractivity contribution in [3.63, 3.8) is 0 Å². The SMILES string of the molecule is COCOc1cc(OC)cc(/C=C/C[C@@H]2OC(C)(C)O[C@@H]2C(/C=C\C[C@@H](CC(C)(C)[Si](O)(c2ccccc2)c2ccccc2)C(F)(F)F)OC(=O)c2ccccc2)c1C(=O)OCC[Si](C)(C)C. The number of ether oxygens (including phenoxy) is 7. The Morgan fingerprint density at radius 3 is 2.00 bits per heavy atom. The van der Waals surface area contributed by atoms with Crippen LogP contribution in [0.15, 0.2) is 121 Å². The maximum atomic E-state index is 15.2. The minimum absolute atomic E-state index is 0.140. The lowest BCUT2D eigenvalue weighted by molar-refractivity contribution is -0.177. The van der Waals surface area contributed by atoms with Crippen molar-refractivity contribution in [2.24, 2.45) is 5.92 Å². The zero-order valence-electron chi connectivity index (χ0n) is 39.9. The van der Waals surface area contributed by atoms with Gasteiger partial charge in [0, 0.05) is 21.3 Å². The van der Waals surface area contributed by atoms with Gasteiger partial charge < -0.3 is 38.0 Å². The standard InChI is InChI=1S/C52H65F3O10Si2/c1-50(2,67(58,41-25-15-11-16-26-41)42-27-17-12-18-28-42)35-39(52(53,54)55)24-20-29-43(63-48(56)37-21-13-10-14-22-37)47-44(64-51(3,4)65-47)30-19-23-38-33-40(60-6)34-45(62-36-59-5)46(38)49(57)61-31-32-66(7,8)9/h10-23,25-29,33-34,39,43-44,47,58H,24,30-32,35-36H2,1-9H3/b23-19+,29-20-/t39-,43?,44-,47+/m0/s1. The van der Waals surface area contributed by atoms with Crippen molar-refractivity contribution in [1.29, 1.82) is 0 Å². The summed E-state index contributed by atoms with van der Waals surface area (Å²) in [5.74, 6) is -3.73. The van der Waals surface area contributed by atoms with E-state index in [1.54, 1.807) is 131 Å². The molecule has 362 valence electrons. The van der Waals surface area contributed by atoms with Crippen molar-refractivity contribution < 1.29 is 60.7 Å². The molecule has 1 saturated heterocycles. The molecule has 1 aliphatic heterocycles. The molecule has 0 aliphatic carbocycles. The van der Waals surface area contributed by atoms with Crippen LogP contribution in [0.1, 0.15) is 73.2 Å². The number of hydrogen-bond acceptors (Lipinski definition) is 10. The van der Waals surface area contributed by atoms with Gasteiger partial charge in [0.25, 0.3) is 8.32 Å². The van der Waals surface area contributed by atoms with Crippen LogP contribution in [0.4, 0.5) is 13.2 Å². The second kappa shape index (κ2) is 22.8. The monoisotopic (exact) mass is 962 g/mol. The van der Waals surface area contributed by atoms with Crippen LogP contribution in [0.2, 0.25) is 30.7 Å². The van der Waals surface area contributed by atoms with Crippen molar-refractivity contribution in [3.8, 4) is 11.5 Å². The maximum absolute atomic E-state index is 15.2. The highest BCUT2D eigenvalue weighted by Crippen LogP contribution is 2.47. The number of carbonyl (C=O) groups excluding carboxylic acids is 2. The van der Waals surface area contributed by atoms with Gasteiger partial charge in [0.15, 0.2) is 12.6 Å². The molecule has 1 unspecified atom stereocenters. The van der Waals surface area contributed by atoms with Crippen molar-refractivity contribution >= 4 is 44.8 Å². The molecule has 5 rings (SSSR count). The topological polar surface area (TPSA) is 119 Å². The van der Waals surface area contributed by atoms with Crippen molar-refractivity contribution in [2.45, 2.75) is 108 Å². The molecule has 15 heteroatoms. The molecular weight excluding hydrogens is 898 g/mol. The Bertz CT molecular complexity index is 2240. The van der Waals surface area contributed by atoms with Crippen molar-refractivity contribution in [1.82, 2.24) is 0 Å². The van der Waals surface area contributed by atoms with Gasteiger partial charge in [-0.1, -0.05) is 131 Å². The van der Waals surface area contributed by atoms with Crippen LogP contribution < -0.4 is 19.8 Å². The third kappa shape index (κ3) is 14.2. The average Bonchev–Trinajstić information content (AvgIpc) is 3.60. The van der Waals surface area contributed by atoms with Gasteiger partial charge in [0.05, 0.1) is 31.3 Å². The first-order valence-corrected chi connectivity index (χ1v) is 28.1. The number of methoxy groups -OCH3 is 2. The molecule has 0 saturated carbocycles. The Morgan fingerprint density at radius 2 is 1.45 bits per heavy atom. The largest absolute Gasteiger partial charge is 0.497 e. The van der Waals surface area contributed by atoms with Gasteiger partial charge >= 0.3 is 18.1 Å². The average molecular weight is 963 g/mol. The number of alkyl halides is 3. The first-order valence-electron chi connectivity index (χ1n) is 22.4. The number of esters is 2. The van der Waals surface area contributed by atoms with E-state index >= 15 is 13.2 Å². The summed E-state index contributed by atoms with van der Waals surface area (Å²) in [6.07, 6.45) is -2.00. The summed E-state index contributed by atoms with van der Waals surface area (Å²) in [4.78, 5) is 40.0.